The van der Waals surface area contributed by atoms with Crippen molar-refractivity contribution < 1.29 is 34.2 Å². The lowest BCUT2D eigenvalue weighted by molar-refractivity contribution is -0.895. The fourth-order valence-electron chi connectivity index (χ4n) is 4.69. The molecule has 1 amide bonds. The van der Waals surface area contributed by atoms with Gasteiger partial charge in [0, 0.05) is 5.57 Å². The number of nitrogens with one attached hydrogen (secondary N) is 1. The molecule has 3 rings (SSSR count). The van der Waals surface area contributed by atoms with Crippen molar-refractivity contribution in [2.75, 3.05) is 39.4 Å². The zero-order valence-corrected chi connectivity index (χ0v) is 23.3. The molecule has 0 bridgehead atoms. The van der Waals surface area contributed by atoms with Gasteiger partial charge in [0.15, 0.2) is 11.5 Å². The standard InChI is InChI=1S/C30H40N2O6/c1-7-31(8-2)14-15-32-27(21-10-13-24(33)25(17-21)37-9-3)26(29(35)30(32)36)28(34)23-12-11-22(16-20(23)6)38-18-19(4)5/h10-13,16-17,19,27,33-34H,7-9,14-15,18H2,1-6H3. The molecular formula is C30H40N2O6. The Morgan fingerprint density at radius 3 is 2.39 bits per heavy atom. The number of nitrogens with zero attached hydrogens (tertiary/aromatic N) is 1. The van der Waals surface area contributed by atoms with E-state index in [4.69, 9.17) is 9.47 Å². The molecule has 2 aromatic rings. The van der Waals surface area contributed by atoms with E-state index in [0.29, 0.717) is 54.7 Å². The molecule has 1 heterocycles. The van der Waals surface area contributed by atoms with Crippen molar-refractivity contribution >= 4 is 17.4 Å². The van der Waals surface area contributed by atoms with Crippen molar-refractivity contribution in [3.63, 3.8) is 0 Å². The lowest BCUT2D eigenvalue weighted by Gasteiger charge is -2.29. The van der Waals surface area contributed by atoms with Crippen LogP contribution in [-0.2, 0) is 9.59 Å². The summed E-state index contributed by atoms with van der Waals surface area (Å²) in [5.74, 6) is -0.777. The highest BCUT2D eigenvalue weighted by molar-refractivity contribution is 6.46. The van der Waals surface area contributed by atoms with Crippen LogP contribution < -0.4 is 19.5 Å². The van der Waals surface area contributed by atoms with Crippen LogP contribution in [0, 0.1) is 12.8 Å². The number of aryl methyl sites for hydroxylation is 1. The number of likely N-dealkylation sites (N-methyl/N-ethyl adjacent to an activating group) is 1. The number of rotatable bonds is 12. The summed E-state index contributed by atoms with van der Waals surface area (Å²) in [6, 6.07) is 8.98. The van der Waals surface area contributed by atoms with E-state index >= 15 is 0 Å². The summed E-state index contributed by atoms with van der Waals surface area (Å²) < 4.78 is 11.4. The van der Waals surface area contributed by atoms with Crippen molar-refractivity contribution in [3.05, 3.63) is 58.7 Å². The van der Waals surface area contributed by atoms with Gasteiger partial charge in [0.25, 0.3) is 5.91 Å². The summed E-state index contributed by atoms with van der Waals surface area (Å²) in [5.41, 5.74) is 1.46. The molecule has 2 N–H and O–H groups in total. The van der Waals surface area contributed by atoms with Crippen LogP contribution in [0.3, 0.4) is 0 Å². The van der Waals surface area contributed by atoms with Gasteiger partial charge in [0.05, 0.1) is 45.4 Å². The number of phenols is 1. The number of hydrogen-bond acceptors (Lipinski definition) is 6. The molecule has 38 heavy (non-hydrogen) atoms. The van der Waals surface area contributed by atoms with Gasteiger partial charge in [-0.3, -0.25) is 9.59 Å². The van der Waals surface area contributed by atoms with E-state index in [1.54, 1.807) is 44.2 Å². The van der Waals surface area contributed by atoms with Crippen LogP contribution in [0.5, 0.6) is 17.2 Å². The third kappa shape index (κ3) is 6.30. The third-order valence-electron chi connectivity index (χ3n) is 6.86. The summed E-state index contributed by atoms with van der Waals surface area (Å²) in [4.78, 5) is 29.4. The fraction of sp³-hybridized carbons (Fsp3) is 0.467. The number of amides is 1. The fourth-order valence-corrected chi connectivity index (χ4v) is 4.69. The minimum atomic E-state index is -0.881. The minimum absolute atomic E-state index is 0.0499. The van der Waals surface area contributed by atoms with E-state index in [9.17, 15) is 19.8 Å². The average Bonchev–Trinajstić information content (AvgIpc) is 3.14. The smallest absolute Gasteiger partial charge is 0.295 e. The molecule has 0 aliphatic carbocycles. The Morgan fingerprint density at radius 1 is 1.08 bits per heavy atom. The van der Waals surface area contributed by atoms with Crippen LogP contribution in [0.1, 0.15) is 57.4 Å². The Hall–Kier alpha value is -3.52. The molecule has 1 aliphatic heterocycles. The van der Waals surface area contributed by atoms with E-state index in [0.717, 1.165) is 13.1 Å². The lowest BCUT2D eigenvalue weighted by atomic mass is 9.93. The SMILES string of the molecule is CCOc1cc(C2C(=C([O-])c3ccc(OCC(C)C)cc3C)C(=O)C(=O)N2CC[NH+](CC)CC)ccc1O. The first-order valence-corrected chi connectivity index (χ1v) is 13.4. The van der Waals surface area contributed by atoms with Gasteiger partial charge < -0.3 is 29.5 Å². The molecule has 1 unspecified atom stereocenters. The predicted octanol–water partition coefficient (Wildman–Crippen LogP) is 2.28. The molecule has 2 aromatic carbocycles. The normalized spacial score (nSPS) is 17.1. The lowest BCUT2D eigenvalue weighted by Crippen LogP contribution is -3.12. The summed E-state index contributed by atoms with van der Waals surface area (Å²) in [6.45, 7) is 15.4. The maximum Gasteiger partial charge on any atom is 0.295 e. The molecule has 0 radical (unpaired) electrons. The Labute approximate surface area is 225 Å². The molecule has 1 fully saturated rings. The number of benzene rings is 2. The van der Waals surface area contributed by atoms with E-state index < -0.39 is 23.5 Å². The highest BCUT2D eigenvalue weighted by Crippen LogP contribution is 2.41. The largest absolute Gasteiger partial charge is 0.872 e. The van der Waals surface area contributed by atoms with Crippen LogP contribution >= 0.6 is 0 Å². The molecular weight excluding hydrogens is 484 g/mol. The van der Waals surface area contributed by atoms with Gasteiger partial charge >= 0.3 is 0 Å². The van der Waals surface area contributed by atoms with Gasteiger partial charge in [-0.05, 0) is 74.6 Å². The summed E-state index contributed by atoms with van der Waals surface area (Å²) in [7, 11) is 0. The second-order valence-corrected chi connectivity index (χ2v) is 10.0. The maximum atomic E-state index is 13.9. The van der Waals surface area contributed by atoms with Gasteiger partial charge in [-0.15, -0.1) is 0 Å². The zero-order valence-electron chi connectivity index (χ0n) is 23.3. The molecule has 0 saturated carbocycles. The summed E-state index contributed by atoms with van der Waals surface area (Å²) >= 11 is 0. The van der Waals surface area contributed by atoms with E-state index in [-0.39, 0.29) is 17.1 Å². The number of carbonyl (C=O) groups is 2. The molecule has 1 atom stereocenters. The number of phenolic OH excluding ortho intramolecular Hbond substituents is 1. The number of carbonyl (C=O) groups excluding carboxylic acids is 2. The summed E-state index contributed by atoms with van der Waals surface area (Å²) in [6.07, 6.45) is 0. The van der Waals surface area contributed by atoms with Crippen molar-refractivity contribution in [2.24, 2.45) is 5.92 Å². The summed E-state index contributed by atoms with van der Waals surface area (Å²) in [5, 5.41) is 24.1. The Balaban J connectivity index is 2.12. The van der Waals surface area contributed by atoms with Crippen molar-refractivity contribution in [3.8, 4) is 17.2 Å². The topological polar surface area (TPSA) is 104 Å². The van der Waals surface area contributed by atoms with Gasteiger partial charge in [0.1, 0.15) is 5.75 Å². The molecule has 8 heteroatoms. The van der Waals surface area contributed by atoms with Gasteiger partial charge in [0.2, 0.25) is 5.78 Å². The van der Waals surface area contributed by atoms with Crippen LogP contribution in [0.4, 0.5) is 0 Å². The molecule has 1 aliphatic rings. The number of likely N-dealkylation sites (tertiary alicyclic amines) is 1. The van der Waals surface area contributed by atoms with Gasteiger partial charge in [-0.1, -0.05) is 31.7 Å². The van der Waals surface area contributed by atoms with Crippen LogP contribution in [0.2, 0.25) is 0 Å². The van der Waals surface area contributed by atoms with Crippen molar-refractivity contribution in [1.29, 1.82) is 0 Å². The third-order valence-corrected chi connectivity index (χ3v) is 6.86. The zero-order chi connectivity index (χ0) is 28.0. The molecule has 0 aromatic heterocycles. The average molecular weight is 525 g/mol. The number of ketones is 1. The predicted molar refractivity (Wildman–Crippen MR) is 144 cm³/mol. The number of quaternary nitrogens is 1. The number of hydrogen-bond donors (Lipinski definition) is 2. The van der Waals surface area contributed by atoms with Crippen molar-refractivity contribution in [2.45, 2.75) is 47.6 Å². The molecule has 1 saturated heterocycles. The Bertz CT molecular complexity index is 1190. The number of Topliss-reactive ketones (excluding diaryl/α,β-unsaturated/α-hetero) is 1. The van der Waals surface area contributed by atoms with E-state index in [1.165, 1.54) is 15.9 Å². The molecule has 8 nitrogen and oxygen atoms in total. The quantitative estimate of drug-likeness (QED) is 0.251. The van der Waals surface area contributed by atoms with E-state index in [1.807, 2.05) is 0 Å². The molecule has 0 spiro atoms. The number of ether oxygens (including phenoxy) is 2. The van der Waals surface area contributed by atoms with Gasteiger partial charge in [-0.25, -0.2) is 0 Å². The van der Waals surface area contributed by atoms with Crippen LogP contribution in [0.25, 0.3) is 5.76 Å². The first-order valence-electron chi connectivity index (χ1n) is 13.4. The second-order valence-electron chi connectivity index (χ2n) is 10.0. The minimum Gasteiger partial charge on any atom is -0.872 e. The highest BCUT2D eigenvalue weighted by Gasteiger charge is 2.44. The highest BCUT2D eigenvalue weighted by atomic mass is 16.5. The second kappa shape index (κ2) is 12.8. The molecule has 206 valence electrons. The first kappa shape index (κ1) is 29.0. The first-order chi connectivity index (χ1) is 18.1. The Kier molecular flexibility index (Phi) is 9.80. The van der Waals surface area contributed by atoms with Crippen LogP contribution in [0.15, 0.2) is 42.0 Å². The maximum absolute atomic E-state index is 13.9. The van der Waals surface area contributed by atoms with E-state index in [2.05, 4.69) is 27.7 Å². The Morgan fingerprint density at radius 2 is 1.79 bits per heavy atom. The monoisotopic (exact) mass is 524 g/mol. The van der Waals surface area contributed by atoms with Gasteiger partial charge in [-0.2, -0.15) is 0 Å². The van der Waals surface area contributed by atoms with Crippen LogP contribution in [-0.4, -0.2) is 61.1 Å². The van der Waals surface area contributed by atoms with Crippen molar-refractivity contribution in [1.82, 2.24) is 4.90 Å². The number of aromatic hydroxyl groups is 1.